The number of rotatable bonds is 2. The lowest BCUT2D eigenvalue weighted by Gasteiger charge is -2.23. The summed E-state index contributed by atoms with van der Waals surface area (Å²) in [5, 5.41) is 12.5. The van der Waals surface area contributed by atoms with Gasteiger partial charge in [-0.3, -0.25) is 9.59 Å². The fourth-order valence-electron chi connectivity index (χ4n) is 2.37. The van der Waals surface area contributed by atoms with Crippen LogP contribution in [0.1, 0.15) is 6.92 Å². The Morgan fingerprint density at radius 2 is 2.09 bits per heavy atom. The highest BCUT2D eigenvalue weighted by molar-refractivity contribution is 6.38. The molecule has 7 nitrogen and oxygen atoms in total. The Morgan fingerprint density at radius 1 is 1.36 bits per heavy atom. The van der Waals surface area contributed by atoms with Gasteiger partial charge in [0, 0.05) is 5.70 Å². The normalized spacial score (nSPS) is 20.1. The Bertz CT molecular complexity index is 781. The topological polar surface area (TPSA) is 109 Å². The van der Waals surface area contributed by atoms with Crippen LogP contribution in [0, 0.1) is 11.7 Å². The molecule has 0 aromatic heterocycles. The van der Waals surface area contributed by atoms with E-state index in [1.165, 1.54) is 18.2 Å². The molecule has 2 aliphatic heterocycles. The van der Waals surface area contributed by atoms with Crippen molar-refractivity contribution in [2.24, 2.45) is 21.9 Å². The van der Waals surface area contributed by atoms with E-state index in [1.807, 2.05) is 0 Å². The van der Waals surface area contributed by atoms with Crippen LogP contribution in [0.2, 0.25) is 0 Å². The Labute approximate surface area is 124 Å². The van der Waals surface area contributed by atoms with E-state index >= 15 is 0 Å². The molecule has 0 spiro atoms. The highest BCUT2D eigenvalue weighted by Crippen LogP contribution is 2.24. The molecule has 112 valence electrons. The number of carbonyl (C=O) groups excluding carboxylic acids is 2. The fraction of sp³-hybridized carbons (Fsp3) is 0.143. The average molecular weight is 301 g/mol. The molecule has 2 heterocycles. The van der Waals surface area contributed by atoms with Crippen molar-refractivity contribution in [1.82, 2.24) is 5.32 Å². The molecule has 22 heavy (non-hydrogen) atoms. The van der Waals surface area contributed by atoms with Gasteiger partial charge in [0.05, 0.1) is 17.0 Å². The van der Waals surface area contributed by atoms with Gasteiger partial charge in [-0.05, 0) is 19.1 Å². The third kappa shape index (κ3) is 2.14. The van der Waals surface area contributed by atoms with Crippen LogP contribution in [0.3, 0.4) is 0 Å². The summed E-state index contributed by atoms with van der Waals surface area (Å²) in [5.41, 5.74) is 6.29. The quantitative estimate of drug-likeness (QED) is 0.740. The first-order chi connectivity index (χ1) is 10.5. The first-order valence-electron chi connectivity index (χ1n) is 6.48. The maximum absolute atomic E-state index is 13.6. The smallest absolute Gasteiger partial charge is 0.259 e. The van der Waals surface area contributed by atoms with Crippen LogP contribution in [0.5, 0.6) is 0 Å². The Hall–Kier alpha value is -3.03. The molecule has 1 atom stereocenters. The molecule has 2 aliphatic rings. The second-order valence-electron chi connectivity index (χ2n) is 4.87. The fourth-order valence-corrected chi connectivity index (χ4v) is 2.37. The lowest BCUT2D eigenvalue weighted by molar-refractivity contribution is -0.120. The predicted molar refractivity (Wildman–Crippen MR) is 78.4 cm³/mol. The Kier molecular flexibility index (Phi) is 3.21. The number of para-hydroxylation sites is 1. The minimum absolute atomic E-state index is 0.0243. The summed E-state index contributed by atoms with van der Waals surface area (Å²) >= 11 is 0. The summed E-state index contributed by atoms with van der Waals surface area (Å²) in [4.78, 5) is 24.3. The van der Waals surface area contributed by atoms with E-state index in [9.17, 15) is 14.0 Å². The van der Waals surface area contributed by atoms with E-state index in [0.717, 1.165) is 0 Å². The largest absolute Gasteiger partial charge is 0.385 e. The first kappa shape index (κ1) is 13.9. The third-order valence-electron chi connectivity index (χ3n) is 3.40. The standard InChI is InChI=1S/C14H12FN5O2/c1-6-9(11-10(14(22)17-6)12(16)20-19-11)13(21)18-8-5-3-2-4-7(8)15/h2-5,10H,1H3,(H2,16,20)(H,17,22)(H,18,21). The molecule has 0 radical (unpaired) electrons. The van der Waals surface area contributed by atoms with E-state index in [-0.39, 0.29) is 22.8 Å². The summed E-state index contributed by atoms with van der Waals surface area (Å²) in [6.07, 6.45) is 0. The number of nitrogens with zero attached hydrogens (tertiary/aromatic N) is 2. The maximum atomic E-state index is 13.6. The molecular weight excluding hydrogens is 289 g/mol. The molecule has 4 N–H and O–H groups in total. The molecule has 2 amide bonds. The van der Waals surface area contributed by atoms with Crippen LogP contribution in [-0.4, -0.2) is 23.4 Å². The first-order valence-corrected chi connectivity index (χ1v) is 6.48. The minimum atomic E-state index is -0.884. The van der Waals surface area contributed by atoms with Gasteiger partial charge in [-0.2, -0.15) is 5.10 Å². The lowest BCUT2D eigenvalue weighted by atomic mass is 9.90. The Balaban J connectivity index is 1.94. The van der Waals surface area contributed by atoms with Crippen molar-refractivity contribution >= 4 is 29.0 Å². The molecule has 0 bridgehead atoms. The number of carbonyl (C=O) groups is 2. The van der Waals surface area contributed by atoms with E-state index in [1.54, 1.807) is 13.0 Å². The van der Waals surface area contributed by atoms with Gasteiger partial charge in [-0.1, -0.05) is 12.1 Å². The van der Waals surface area contributed by atoms with E-state index in [4.69, 9.17) is 5.73 Å². The van der Waals surface area contributed by atoms with Crippen LogP contribution in [-0.2, 0) is 9.59 Å². The second-order valence-corrected chi connectivity index (χ2v) is 4.87. The summed E-state index contributed by atoms with van der Waals surface area (Å²) in [6, 6.07) is 5.78. The van der Waals surface area contributed by atoms with Crippen LogP contribution < -0.4 is 16.4 Å². The maximum Gasteiger partial charge on any atom is 0.259 e. The van der Waals surface area contributed by atoms with Crippen molar-refractivity contribution < 1.29 is 14.0 Å². The van der Waals surface area contributed by atoms with Crippen molar-refractivity contribution in [2.75, 3.05) is 5.32 Å². The molecular formula is C14H12FN5O2. The van der Waals surface area contributed by atoms with E-state index in [0.29, 0.717) is 5.70 Å². The zero-order valence-electron chi connectivity index (χ0n) is 11.6. The summed E-state index contributed by atoms with van der Waals surface area (Å²) in [7, 11) is 0. The highest BCUT2D eigenvalue weighted by atomic mass is 19.1. The van der Waals surface area contributed by atoms with Gasteiger partial charge in [0.15, 0.2) is 0 Å². The van der Waals surface area contributed by atoms with Crippen LogP contribution >= 0.6 is 0 Å². The van der Waals surface area contributed by atoms with Crippen LogP contribution in [0.25, 0.3) is 0 Å². The van der Waals surface area contributed by atoms with Crippen LogP contribution in [0.15, 0.2) is 45.7 Å². The van der Waals surface area contributed by atoms with E-state index in [2.05, 4.69) is 20.8 Å². The van der Waals surface area contributed by atoms with Gasteiger partial charge in [0.25, 0.3) is 5.91 Å². The number of allylic oxidation sites excluding steroid dienone is 1. The molecule has 0 aliphatic carbocycles. The second kappa shape index (κ2) is 5.06. The summed E-state index contributed by atoms with van der Waals surface area (Å²) in [5.74, 6) is -2.40. The number of hydrogen-bond acceptors (Lipinski definition) is 5. The zero-order chi connectivity index (χ0) is 15.9. The predicted octanol–water partition coefficient (Wildman–Crippen LogP) is 0.511. The van der Waals surface area contributed by atoms with Gasteiger partial charge in [-0.25, -0.2) is 4.39 Å². The molecule has 0 fully saturated rings. The number of fused-ring (bicyclic) bond motifs is 1. The van der Waals surface area contributed by atoms with Gasteiger partial charge in [-0.15, -0.1) is 5.10 Å². The summed E-state index contributed by atoms with van der Waals surface area (Å²) in [6.45, 7) is 1.56. The number of nitrogens with two attached hydrogens (primary N) is 1. The van der Waals surface area contributed by atoms with Gasteiger partial charge in [0.1, 0.15) is 17.6 Å². The number of benzene rings is 1. The molecule has 0 saturated heterocycles. The molecule has 1 aromatic rings. The van der Waals surface area contributed by atoms with Crippen LogP contribution in [0.4, 0.5) is 10.1 Å². The van der Waals surface area contributed by atoms with Crippen molar-refractivity contribution in [3.63, 3.8) is 0 Å². The summed E-state index contributed by atoms with van der Waals surface area (Å²) < 4.78 is 13.6. The lowest BCUT2D eigenvalue weighted by Crippen LogP contribution is -2.47. The van der Waals surface area contributed by atoms with Gasteiger partial charge < -0.3 is 16.4 Å². The minimum Gasteiger partial charge on any atom is -0.385 e. The Morgan fingerprint density at radius 3 is 2.82 bits per heavy atom. The van der Waals surface area contributed by atoms with E-state index < -0.39 is 23.5 Å². The molecule has 1 unspecified atom stereocenters. The van der Waals surface area contributed by atoms with Gasteiger partial charge in [0.2, 0.25) is 5.91 Å². The number of nitrogens with one attached hydrogen (secondary N) is 2. The highest BCUT2D eigenvalue weighted by Gasteiger charge is 2.41. The number of anilines is 1. The third-order valence-corrected chi connectivity index (χ3v) is 3.40. The number of hydrogen-bond donors (Lipinski definition) is 3. The van der Waals surface area contributed by atoms with Crippen molar-refractivity contribution in [2.45, 2.75) is 6.92 Å². The van der Waals surface area contributed by atoms with Gasteiger partial charge >= 0.3 is 0 Å². The average Bonchev–Trinajstić information content (AvgIpc) is 2.83. The number of amidine groups is 1. The monoisotopic (exact) mass is 301 g/mol. The number of halogens is 1. The van der Waals surface area contributed by atoms with Crippen molar-refractivity contribution in [3.05, 3.63) is 41.4 Å². The molecule has 0 saturated carbocycles. The zero-order valence-corrected chi connectivity index (χ0v) is 11.6. The molecule has 8 heteroatoms. The number of amides is 2. The van der Waals surface area contributed by atoms with Crippen molar-refractivity contribution in [1.29, 1.82) is 0 Å². The molecule has 1 aromatic carbocycles. The van der Waals surface area contributed by atoms with Crippen molar-refractivity contribution in [3.8, 4) is 0 Å². The SMILES string of the molecule is CC1=C(C(=O)Nc2ccccc2F)C2=NN=C(N)C2C(=O)N1. The molecule has 3 rings (SSSR count).